The first-order valence-corrected chi connectivity index (χ1v) is 10.6. The summed E-state index contributed by atoms with van der Waals surface area (Å²) in [6, 6.07) is 8.53. The number of aliphatic hydroxyl groups is 1. The molecule has 0 bridgehead atoms. The van der Waals surface area contributed by atoms with Gasteiger partial charge in [-0.1, -0.05) is 0 Å². The molecule has 0 spiro atoms. The Hall–Kier alpha value is -3.00. The molecule has 1 unspecified atom stereocenters. The van der Waals surface area contributed by atoms with Crippen molar-refractivity contribution in [2.45, 2.75) is 38.8 Å². The summed E-state index contributed by atoms with van der Waals surface area (Å²) < 4.78 is 15.3. The minimum absolute atomic E-state index is 0.156. The van der Waals surface area contributed by atoms with Gasteiger partial charge in [0.1, 0.15) is 17.5 Å². The third-order valence-electron chi connectivity index (χ3n) is 5.97. The number of carbonyl (C=O) groups is 1. The normalized spacial score (nSPS) is 19.1. The maximum absolute atomic E-state index is 13.2. The van der Waals surface area contributed by atoms with E-state index in [1.54, 1.807) is 18.0 Å². The van der Waals surface area contributed by atoms with E-state index in [2.05, 4.69) is 21.5 Å². The third kappa shape index (κ3) is 4.25. The molecule has 1 saturated heterocycles. The Bertz CT molecular complexity index is 1100. The number of carbonyl (C=O) groups excluding carboxylic acids is 1. The highest BCUT2D eigenvalue weighted by Gasteiger charge is 2.36. The Morgan fingerprint density at radius 3 is 2.84 bits per heavy atom. The molecule has 3 heterocycles. The van der Waals surface area contributed by atoms with Crippen LogP contribution in [0.1, 0.15) is 35.9 Å². The number of hydrogen-bond acceptors (Lipinski definition) is 5. The zero-order valence-corrected chi connectivity index (χ0v) is 18.2. The predicted molar refractivity (Wildman–Crippen MR) is 118 cm³/mol. The number of fused-ring (bicyclic) bond motifs is 1. The number of benzene rings is 1. The molecule has 7 nitrogen and oxygen atoms in total. The molecule has 31 heavy (non-hydrogen) atoms. The van der Waals surface area contributed by atoms with Crippen LogP contribution in [0.5, 0.6) is 0 Å². The topological polar surface area (TPSA) is 74.5 Å². The molecule has 1 atom stereocenters. The Balaban J connectivity index is 1.48. The first kappa shape index (κ1) is 21.2. The third-order valence-corrected chi connectivity index (χ3v) is 5.97. The zero-order chi connectivity index (χ0) is 22.2. The first-order chi connectivity index (χ1) is 14.8. The Morgan fingerprint density at radius 2 is 2.13 bits per heavy atom. The number of nitrogens with zero attached hydrogens (tertiary/aromatic N) is 5. The Morgan fingerprint density at radius 1 is 1.32 bits per heavy atom. The highest BCUT2D eigenvalue weighted by molar-refractivity contribution is 5.97. The van der Waals surface area contributed by atoms with E-state index in [4.69, 9.17) is 0 Å². The second kappa shape index (κ2) is 8.26. The molecule has 4 rings (SSSR count). The molecule has 8 heteroatoms. The van der Waals surface area contributed by atoms with Crippen molar-refractivity contribution in [3.63, 3.8) is 0 Å². The molecule has 0 saturated carbocycles. The smallest absolute Gasteiger partial charge is 0.253 e. The summed E-state index contributed by atoms with van der Waals surface area (Å²) in [7, 11) is 1.70. The molecule has 1 aliphatic rings. The monoisotopic (exact) mass is 425 g/mol. The van der Waals surface area contributed by atoms with Crippen LogP contribution < -0.4 is 4.90 Å². The van der Waals surface area contributed by atoms with Gasteiger partial charge in [0.25, 0.3) is 5.91 Å². The fraction of sp³-hybridized carbons (Fsp3) is 0.435. The van der Waals surface area contributed by atoms with Crippen LogP contribution in [0.3, 0.4) is 0 Å². The molecule has 2 aromatic heterocycles. The summed E-state index contributed by atoms with van der Waals surface area (Å²) in [5.41, 5.74) is 1.28. The van der Waals surface area contributed by atoms with Crippen molar-refractivity contribution in [1.29, 1.82) is 0 Å². The van der Waals surface area contributed by atoms with Gasteiger partial charge in [0.05, 0.1) is 29.4 Å². The molecule has 3 aromatic rings. The summed E-state index contributed by atoms with van der Waals surface area (Å²) >= 11 is 0. The number of likely N-dealkylation sites (N-methyl/N-ethyl adjacent to an activating group) is 1. The van der Waals surface area contributed by atoms with Gasteiger partial charge in [0.15, 0.2) is 0 Å². The van der Waals surface area contributed by atoms with E-state index in [9.17, 15) is 14.3 Å². The van der Waals surface area contributed by atoms with Crippen molar-refractivity contribution in [3.8, 4) is 0 Å². The number of anilines is 1. The lowest BCUT2D eigenvalue weighted by molar-refractivity contribution is -0.000130. The average molecular weight is 426 g/mol. The van der Waals surface area contributed by atoms with Crippen LogP contribution in [0.4, 0.5) is 10.2 Å². The summed E-state index contributed by atoms with van der Waals surface area (Å²) in [6.45, 7) is 6.11. The Kier molecular flexibility index (Phi) is 5.66. The second-order valence-corrected chi connectivity index (χ2v) is 8.35. The van der Waals surface area contributed by atoms with E-state index in [1.807, 2.05) is 30.0 Å². The fourth-order valence-electron chi connectivity index (χ4n) is 4.51. The van der Waals surface area contributed by atoms with Gasteiger partial charge in [-0.15, -0.1) is 0 Å². The SMILES string of the molecule is CCn1c(C)nc2cc(C(=O)N(C)CC3(O)CCCN(c4ccc(F)cn4)C3)ccc21. The quantitative estimate of drug-likeness (QED) is 0.680. The summed E-state index contributed by atoms with van der Waals surface area (Å²) in [5.74, 6) is 0.996. The standard InChI is InChI=1S/C23H28FN5O2/c1-4-29-16(2)26-19-12-17(6-8-20(19)29)22(30)27(3)14-23(31)10-5-11-28(15-23)21-9-7-18(24)13-25-21/h6-9,12-13,31H,4-5,10-11,14-15H2,1-3H3. The zero-order valence-electron chi connectivity index (χ0n) is 18.2. The van der Waals surface area contributed by atoms with E-state index in [-0.39, 0.29) is 12.5 Å². The average Bonchev–Trinajstić information content (AvgIpc) is 3.07. The molecule has 1 aliphatic heterocycles. The van der Waals surface area contributed by atoms with Crippen molar-refractivity contribution in [3.05, 3.63) is 53.7 Å². The summed E-state index contributed by atoms with van der Waals surface area (Å²) in [4.78, 5) is 25.3. The lowest BCUT2D eigenvalue weighted by Crippen LogP contribution is -2.54. The number of halogens is 1. The highest BCUT2D eigenvalue weighted by atomic mass is 19.1. The van der Waals surface area contributed by atoms with Crippen LogP contribution in [0, 0.1) is 12.7 Å². The summed E-state index contributed by atoms with van der Waals surface area (Å²) in [6.07, 6.45) is 2.52. The van der Waals surface area contributed by atoms with Crippen LogP contribution in [-0.4, -0.2) is 62.7 Å². The molecular weight excluding hydrogens is 397 g/mol. The van der Waals surface area contributed by atoms with Crippen LogP contribution in [0.15, 0.2) is 36.5 Å². The number of β-amino-alcohol motifs (C(OH)–C–C–N with tert-alkyl or cyclic N) is 1. The van der Waals surface area contributed by atoms with Gasteiger partial charge in [0.2, 0.25) is 0 Å². The number of amides is 1. The maximum atomic E-state index is 13.2. The number of aromatic nitrogens is 3. The van der Waals surface area contributed by atoms with E-state index < -0.39 is 11.4 Å². The van der Waals surface area contributed by atoms with E-state index >= 15 is 0 Å². The van der Waals surface area contributed by atoms with Crippen molar-refractivity contribution in [1.82, 2.24) is 19.4 Å². The number of hydrogen-bond donors (Lipinski definition) is 1. The lowest BCUT2D eigenvalue weighted by atomic mass is 9.92. The van der Waals surface area contributed by atoms with Crippen molar-refractivity contribution in [2.75, 3.05) is 31.6 Å². The summed E-state index contributed by atoms with van der Waals surface area (Å²) in [5, 5.41) is 11.2. The molecule has 1 amide bonds. The number of piperidine rings is 1. The van der Waals surface area contributed by atoms with Crippen molar-refractivity contribution in [2.24, 2.45) is 0 Å². The van der Waals surface area contributed by atoms with Crippen LogP contribution >= 0.6 is 0 Å². The largest absolute Gasteiger partial charge is 0.386 e. The van der Waals surface area contributed by atoms with E-state index in [0.29, 0.717) is 24.3 Å². The van der Waals surface area contributed by atoms with Gasteiger partial charge in [0, 0.05) is 32.2 Å². The maximum Gasteiger partial charge on any atom is 0.253 e. The van der Waals surface area contributed by atoms with Crippen LogP contribution in [0.25, 0.3) is 11.0 Å². The van der Waals surface area contributed by atoms with E-state index in [1.165, 1.54) is 12.3 Å². The van der Waals surface area contributed by atoms with E-state index in [0.717, 1.165) is 36.4 Å². The molecule has 1 aromatic carbocycles. The number of imidazole rings is 1. The Labute approximate surface area is 181 Å². The number of pyridine rings is 1. The predicted octanol–water partition coefficient (Wildman–Crippen LogP) is 3.00. The van der Waals surface area contributed by atoms with Gasteiger partial charge in [-0.2, -0.15) is 0 Å². The fourth-order valence-corrected chi connectivity index (χ4v) is 4.51. The first-order valence-electron chi connectivity index (χ1n) is 10.6. The molecule has 164 valence electrons. The van der Waals surface area contributed by atoms with Gasteiger partial charge in [-0.05, 0) is 57.0 Å². The van der Waals surface area contributed by atoms with Crippen LogP contribution in [0.2, 0.25) is 0 Å². The lowest BCUT2D eigenvalue weighted by Gasteiger charge is -2.41. The molecular formula is C23H28FN5O2. The second-order valence-electron chi connectivity index (χ2n) is 8.35. The minimum Gasteiger partial charge on any atom is -0.386 e. The molecule has 0 radical (unpaired) electrons. The molecule has 0 aliphatic carbocycles. The van der Waals surface area contributed by atoms with Crippen molar-refractivity contribution < 1.29 is 14.3 Å². The number of rotatable bonds is 5. The molecule has 1 N–H and O–H groups in total. The van der Waals surface area contributed by atoms with Gasteiger partial charge >= 0.3 is 0 Å². The minimum atomic E-state index is -1.07. The highest BCUT2D eigenvalue weighted by Crippen LogP contribution is 2.26. The van der Waals surface area contributed by atoms with Gasteiger partial charge in [-0.25, -0.2) is 14.4 Å². The van der Waals surface area contributed by atoms with Crippen LogP contribution in [-0.2, 0) is 6.54 Å². The number of aryl methyl sites for hydroxylation is 2. The molecule has 1 fully saturated rings. The van der Waals surface area contributed by atoms with Gasteiger partial charge < -0.3 is 19.5 Å². The van der Waals surface area contributed by atoms with Crippen molar-refractivity contribution >= 4 is 22.8 Å². The van der Waals surface area contributed by atoms with Gasteiger partial charge in [-0.3, -0.25) is 4.79 Å².